The first kappa shape index (κ1) is 17.7. The lowest BCUT2D eigenvalue weighted by Crippen LogP contribution is -2.38. The van der Waals surface area contributed by atoms with Crippen LogP contribution < -0.4 is 5.32 Å². The van der Waals surface area contributed by atoms with E-state index in [0.29, 0.717) is 26.7 Å². The molecule has 2 amide bonds. The smallest absolute Gasteiger partial charge is 0.265 e. The Balaban J connectivity index is 1.90. The number of halogens is 2. The molecule has 1 atom stereocenters. The Bertz CT molecular complexity index is 1010. The van der Waals surface area contributed by atoms with Gasteiger partial charge in [-0.2, -0.15) is 0 Å². The van der Waals surface area contributed by atoms with E-state index in [9.17, 15) is 14.0 Å². The number of nitrogens with one attached hydrogen (secondary N) is 1. The second-order valence-electron chi connectivity index (χ2n) is 6.14. The zero-order valence-electron chi connectivity index (χ0n) is 14.0. The average molecular weight is 401 g/mol. The van der Waals surface area contributed by atoms with Crippen LogP contribution in [-0.4, -0.2) is 23.3 Å². The number of hydrogen-bond acceptors (Lipinski definition) is 3. The molecule has 1 aliphatic heterocycles. The molecule has 0 saturated carbocycles. The van der Waals surface area contributed by atoms with Gasteiger partial charge in [-0.25, -0.2) is 4.39 Å². The highest BCUT2D eigenvalue weighted by atomic mass is 35.5. The topological polar surface area (TPSA) is 49.4 Å². The van der Waals surface area contributed by atoms with E-state index >= 15 is 0 Å². The Morgan fingerprint density at radius 1 is 1.19 bits per heavy atom. The van der Waals surface area contributed by atoms with Crippen LogP contribution in [0.2, 0.25) is 5.02 Å². The Hall–Kier alpha value is -2.70. The normalized spacial score (nSPS) is 16.4. The van der Waals surface area contributed by atoms with Crippen molar-refractivity contribution in [2.24, 2.45) is 0 Å². The summed E-state index contributed by atoms with van der Waals surface area (Å²) in [6.45, 7) is -0.120. The first-order chi connectivity index (χ1) is 13.0. The summed E-state index contributed by atoms with van der Waals surface area (Å²) < 4.78 is 13.5. The lowest BCUT2D eigenvalue weighted by molar-refractivity contribution is -0.117. The Morgan fingerprint density at radius 3 is 2.67 bits per heavy atom. The number of rotatable bonds is 2. The minimum Gasteiger partial charge on any atom is -0.324 e. The van der Waals surface area contributed by atoms with Crippen LogP contribution in [-0.2, 0) is 4.79 Å². The first-order valence-electron chi connectivity index (χ1n) is 8.22. The lowest BCUT2D eigenvalue weighted by Gasteiger charge is -2.30. The summed E-state index contributed by atoms with van der Waals surface area (Å²) in [5, 5.41) is 5.12. The van der Waals surface area contributed by atoms with Crippen molar-refractivity contribution in [3.8, 4) is 0 Å². The Labute approximate surface area is 164 Å². The minimum atomic E-state index is -0.576. The monoisotopic (exact) mass is 400 g/mol. The van der Waals surface area contributed by atoms with Crippen LogP contribution in [0.1, 0.15) is 26.8 Å². The van der Waals surface area contributed by atoms with E-state index in [0.717, 1.165) is 0 Å². The van der Waals surface area contributed by atoms with Gasteiger partial charge in [-0.15, -0.1) is 11.3 Å². The highest BCUT2D eigenvalue weighted by Crippen LogP contribution is 2.38. The number of hydrogen-bond donors (Lipinski definition) is 1. The predicted molar refractivity (Wildman–Crippen MR) is 104 cm³/mol. The molecular formula is C20H14ClFN2O2S. The Morgan fingerprint density at radius 2 is 1.96 bits per heavy atom. The number of nitrogens with zero attached hydrogens (tertiary/aromatic N) is 1. The van der Waals surface area contributed by atoms with E-state index < -0.39 is 6.04 Å². The summed E-state index contributed by atoms with van der Waals surface area (Å²) in [7, 11) is 0. The van der Waals surface area contributed by atoms with Gasteiger partial charge in [0.05, 0.1) is 10.9 Å². The van der Waals surface area contributed by atoms with Crippen LogP contribution in [0.15, 0.2) is 60.0 Å². The molecule has 0 bridgehead atoms. The number of carbonyl (C=O) groups is 2. The third kappa shape index (κ3) is 3.46. The zero-order chi connectivity index (χ0) is 19.0. The van der Waals surface area contributed by atoms with Gasteiger partial charge >= 0.3 is 0 Å². The third-order valence-corrected chi connectivity index (χ3v) is 5.48. The maximum absolute atomic E-state index is 13.5. The highest BCUT2D eigenvalue weighted by molar-refractivity contribution is 7.12. The Kier molecular flexibility index (Phi) is 4.68. The average Bonchev–Trinajstić information content (AvgIpc) is 3.14. The number of fused-ring (bicyclic) bond motifs is 1. The van der Waals surface area contributed by atoms with E-state index in [1.807, 2.05) is 5.38 Å². The number of benzene rings is 2. The van der Waals surface area contributed by atoms with Crippen molar-refractivity contribution in [2.45, 2.75) is 6.04 Å². The molecule has 1 aromatic heterocycles. The highest BCUT2D eigenvalue weighted by Gasteiger charge is 2.34. The van der Waals surface area contributed by atoms with Crippen molar-refractivity contribution in [2.75, 3.05) is 11.9 Å². The van der Waals surface area contributed by atoms with Crippen LogP contribution in [0.4, 0.5) is 10.1 Å². The number of thiophene rings is 1. The van der Waals surface area contributed by atoms with E-state index in [-0.39, 0.29) is 24.2 Å². The van der Waals surface area contributed by atoms with Gasteiger partial charge in [-0.05, 0) is 47.3 Å². The molecule has 0 radical (unpaired) electrons. The molecule has 1 unspecified atom stereocenters. The number of anilines is 1. The standard InChI is InChI=1S/C20H14ClFN2O2S/c21-13-5-8-16-15(10-13)19(12-3-6-14(22)7-4-12)24(11-18(25)23-16)20(26)17-2-1-9-27-17/h1-10,19H,11H2,(H,23,25). The maximum atomic E-state index is 13.5. The number of carbonyl (C=O) groups excluding carboxylic acids is 2. The number of amides is 2. The van der Waals surface area contributed by atoms with Gasteiger partial charge < -0.3 is 10.2 Å². The molecule has 3 aromatic rings. The van der Waals surface area contributed by atoms with Crippen LogP contribution in [0.25, 0.3) is 0 Å². The molecule has 1 aliphatic rings. The van der Waals surface area contributed by atoms with Gasteiger partial charge in [-0.3, -0.25) is 9.59 Å². The molecule has 0 aliphatic carbocycles. The van der Waals surface area contributed by atoms with Gasteiger partial charge in [0, 0.05) is 16.3 Å². The van der Waals surface area contributed by atoms with E-state index in [1.54, 1.807) is 42.5 Å². The summed E-state index contributed by atoms with van der Waals surface area (Å²) in [5.74, 6) is -0.931. The molecule has 0 fully saturated rings. The zero-order valence-corrected chi connectivity index (χ0v) is 15.6. The van der Waals surface area contributed by atoms with Gasteiger partial charge in [0.15, 0.2) is 0 Å². The lowest BCUT2D eigenvalue weighted by atomic mass is 9.95. The molecule has 0 spiro atoms. The van der Waals surface area contributed by atoms with Gasteiger partial charge in [-0.1, -0.05) is 29.8 Å². The molecule has 27 heavy (non-hydrogen) atoms. The maximum Gasteiger partial charge on any atom is 0.265 e. The molecule has 2 heterocycles. The van der Waals surface area contributed by atoms with Gasteiger partial charge in [0.1, 0.15) is 12.4 Å². The summed E-state index contributed by atoms with van der Waals surface area (Å²) in [5.41, 5.74) is 1.96. The van der Waals surface area contributed by atoms with Gasteiger partial charge in [0.25, 0.3) is 5.91 Å². The van der Waals surface area contributed by atoms with Crippen molar-refractivity contribution in [3.05, 3.63) is 86.8 Å². The molecule has 136 valence electrons. The largest absolute Gasteiger partial charge is 0.324 e. The van der Waals surface area contributed by atoms with E-state index in [1.165, 1.54) is 28.4 Å². The summed E-state index contributed by atoms with van der Waals surface area (Å²) in [6.07, 6.45) is 0. The molecule has 7 heteroatoms. The van der Waals surface area contributed by atoms with Crippen LogP contribution >= 0.6 is 22.9 Å². The fourth-order valence-electron chi connectivity index (χ4n) is 3.21. The van der Waals surface area contributed by atoms with Gasteiger partial charge in [0.2, 0.25) is 5.91 Å². The van der Waals surface area contributed by atoms with Crippen molar-refractivity contribution in [3.63, 3.8) is 0 Å². The van der Waals surface area contributed by atoms with E-state index in [2.05, 4.69) is 5.32 Å². The summed E-state index contributed by atoms with van der Waals surface area (Å²) in [4.78, 5) is 27.6. The molecule has 2 aromatic carbocycles. The molecule has 4 nitrogen and oxygen atoms in total. The van der Waals surface area contributed by atoms with E-state index in [4.69, 9.17) is 11.6 Å². The molecule has 1 N–H and O–H groups in total. The minimum absolute atomic E-state index is 0.120. The second-order valence-corrected chi connectivity index (χ2v) is 7.53. The fourth-order valence-corrected chi connectivity index (χ4v) is 4.07. The molecule has 4 rings (SSSR count). The van der Waals surface area contributed by atoms with Crippen molar-refractivity contribution < 1.29 is 14.0 Å². The predicted octanol–water partition coefficient (Wildman–Crippen LogP) is 4.72. The second kappa shape index (κ2) is 7.13. The first-order valence-corrected chi connectivity index (χ1v) is 9.48. The quantitative estimate of drug-likeness (QED) is 0.676. The third-order valence-electron chi connectivity index (χ3n) is 4.39. The van der Waals surface area contributed by atoms with Crippen LogP contribution in [0, 0.1) is 5.82 Å². The SMILES string of the molecule is O=C1CN(C(=O)c2cccs2)C(c2ccc(F)cc2)c2cc(Cl)ccc2N1. The molecular weight excluding hydrogens is 387 g/mol. The van der Waals surface area contributed by atoms with Crippen LogP contribution in [0.3, 0.4) is 0 Å². The summed E-state index contributed by atoms with van der Waals surface area (Å²) in [6, 6.07) is 14.0. The van der Waals surface area contributed by atoms with Crippen molar-refractivity contribution in [1.82, 2.24) is 4.90 Å². The van der Waals surface area contributed by atoms with Crippen LogP contribution in [0.5, 0.6) is 0 Å². The van der Waals surface area contributed by atoms with Crippen molar-refractivity contribution >= 4 is 40.4 Å². The van der Waals surface area contributed by atoms with Crippen molar-refractivity contribution in [1.29, 1.82) is 0 Å². The fraction of sp³-hybridized carbons (Fsp3) is 0.100. The molecule has 0 saturated heterocycles. The summed E-state index contributed by atoms with van der Waals surface area (Å²) >= 11 is 7.50.